The first-order chi connectivity index (χ1) is 43.7. The Labute approximate surface area is 521 Å². The molecule has 1 atom stereocenters. The highest BCUT2D eigenvalue weighted by molar-refractivity contribution is 6.10. The Morgan fingerprint density at radius 2 is 0.798 bits per heavy atom. The highest BCUT2D eigenvalue weighted by atomic mass is 16.5. The van der Waals surface area contributed by atoms with Crippen molar-refractivity contribution in [2.45, 2.75) is 37.0 Å². The van der Waals surface area contributed by atoms with E-state index in [4.69, 9.17) is 4.74 Å². The Bertz CT molecular complexity index is 4960. The van der Waals surface area contributed by atoms with Crippen LogP contribution in [0, 0.1) is 0 Å². The summed E-state index contributed by atoms with van der Waals surface area (Å²) in [5, 5.41) is 2.46. The van der Waals surface area contributed by atoms with Crippen molar-refractivity contribution in [3.63, 3.8) is 0 Å². The topological polar surface area (TPSA) is 17.4 Å². The molecule has 0 saturated heterocycles. The smallest absolute Gasteiger partial charge is 0.127 e. The number of nitrogens with zero attached hydrogens (tertiary/aromatic N) is 2. The van der Waals surface area contributed by atoms with E-state index in [-0.39, 0.29) is 5.41 Å². The summed E-state index contributed by atoms with van der Waals surface area (Å²) in [6.07, 6.45) is 1.85. The van der Waals surface area contributed by atoms with Crippen LogP contribution in [0.15, 0.2) is 322 Å². The number of aromatic nitrogens is 1. The molecular weight excluding hydrogens is 1080 g/mol. The summed E-state index contributed by atoms with van der Waals surface area (Å²) in [4.78, 5) is 2.50. The van der Waals surface area contributed by atoms with Gasteiger partial charge in [-0.25, -0.2) is 0 Å². The quantitative estimate of drug-likeness (QED) is 0.121. The van der Waals surface area contributed by atoms with E-state index < -0.39 is 10.8 Å². The molecule has 1 unspecified atom stereocenters. The molecule has 89 heavy (non-hydrogen) atoms. The molecule has 2 aliphatic rings. The Morgan fingerprint density at radius 1 is 0.360 bits per heavy atom. The lowest BCUT2D eigenvalue weighted by atomic mass is 9.67. The van der Waals surface area contributed by atoms with Crippen LogP contribution in [0.25, 0.3) is 66.9 Å². The van der Waals surface area contributed by atoms with Gasteiger partial charge in [0.2, 0.25) is 0 Å². The number of hydrogen-bond acceptors (Lipinski definition) is 2. The molecular formula is C86H64N2O. The van der Waals surface area contributed by atoms with Gasteiger partial charge in [0.25, 0.3) is 0 Å². The number of ether oxygens (including phenoxy) is 1. The Hall–Kier alpha value is -11.0. The van der Waals surface area contributed by atoms with Gasteiger partial charge in [0, 0.05) is 33.5 Å². The molecule has 0 bridgehead atoms. The van der Waals surface area contributed by atoms with Crippen molar-refractivity contribution in [3.8, 4) is 50.6 Å². The van der Waals surface area contributed by atoms with Gasteiger partial charge in [0.05, 0.1) is 21.9 Å². The number of fused-ring (bicyclic) bond motifs is 9. The second-order valence-electron chi connectivity index (χ2n) is 24.8. The normalized spacial score (nSPS) is 14.4. The van der Waals surface area contributed by atoms with Crippen molar-refractivity contribution in [2.75, 3.05) is 4.90 Å². The lowest BCUT2D eigenvalue weighted by molar-refractivity contribution is 0.482. The SMILES string of the molecule is C=Cc1ccc(Oc2ccc(C3(c4ccc(C(C)(C)C)cc4)c4ccccc4-c4ccc(N(c5ccc(-c6ccc7c(c6)c6ccccc6n7-c6ccccc6)cc5)c5ccc6c(c5)C(c5ccccc5)(c5ccccc5)c5ccccc5-6)cc43)cc2)cc1. The maximum absolute atomic E-state index is 6.55. The minimum Gasteiger partial charge on any atom is -0.457 e. The number of hydrogen-bond donors (Lipinski definition) is 0. The standard InChI is InChI=1S/C86H64N2O/c1-5-58-33-48-70(49-34-58)89-71-50-42-65(43-51-71)86(64-40-38-61(39-41-64)84(2,3)4)79-31-19-16-28-73(79)75-53-47-69(57-81(75)86)87(67-44-35-59(36-45-67)60-37-54-83-77(55-60)76-29-17-20-32-82(76)88(83)66-25-13-8-14-26-66)68-46-52-74-72-27-15-18-30-78(72)85(80(74)56-68,62-21-9-6-10-22-62)63-23-11-7-12-24-63/h5-57H,1H2,2-4H3. The molecule has 0 fully saturated rings. The average molecular weight is 1140 g/mol. The van der Waals surface area contributed by atoms with E-state index in [1.807, 2.05) is 30.3 Å². The molecule has 0 aliphatic heterocycles. The summed E-state index contributed by atoms with van der Waals surface area (Å²) < 4.78 is 8.93. The summed E-state index contributed by atoms with van der Waals surface area (Å²) in [6, 6.07) is 117. The summed E-state index contributed by atoms with van der Waals surface area (Å²) in [5.41, 5.74) is 24.7. The second-order valence-corrected chi connectivity index (χ2v) is 24.8. The van der Waals surface area contributed by atoms with Crippen LogP contribution < -0.4 is 9.64 Å². The zero-order chi connectivity index (χ0) is 59.8. The van der Waals surface area contributed by atoms with E-state index in [2.05, 4.69) is 328 Å². The highest BCUT2D eigenvalue weighted by Crippen LogP contribution is 2.60. The highest BCUT2D eigenvalue weighted by Gasteiger charge is 2.48. The van der Waals surface area contributed by atoms with Gasteiger partial charge < -0.3 is 14.2 Å². The zero-order valence-electron chi connectivity index (χ0n) is 50.1. The van der Waals surface area contributed by atoms with E-state index in [1.165, 1.54) is 88.6 Å². The average Bonchev–Trinajstić information content (AvgIpc) is 1.58. The number of benzene rings is 13. The van der Waals surface area contributed by atoms with Crippen molar-refractivity contribution >= 4 is 44.9 Å². The molecule has 0 radical (unpaired) electrons. The van der Waals surface area contributed by atoms with E-state index in [0.29, 0.717) is 0 Å². The maximum Gasteiger partial charge on any atom is 0.127 e. The third-order valence-corrected chi connectivity index (χ3v) is 19.0. The molecule has 16 rings (SSSR count). The predicted molar refractivity (Wildman–Crippen MR) is 371 cm³/mol. The van der Waals surface area contributed by atoms with Crippen LogP contribution in [0.2, 0.25) is 0 Å². The molecule has 0 spiro atoms. The maximum atomic E-state index is 6.55. The molecule has 3 heteroatoms. The van der Waals surface area contributed by atoms with Gasteiger partial charge in [-0.3, -0.25) is 0 Å². The molecule has 14 aromatic rings. The molecule has 0 saturated carbocycles. The van der Waals surface area contributed by atoms with Crippen LogP contribution in [0.1, 0.15) is 76.4 Å². The summed E-state index contributed by atoms with van der Waals surface area (Å²) in [7, 11) is 0. The van der Waals surface area contributed by atoms with Gasteiger partial charge in [-0.15, -0.1) is 0 Å². The fourth-order valence-electron chi connectivity index (χ4n) is 14.8. The molecule has 13 aromatic carbocycles. The molecule has 0 amide bonds. The van der Waals surface area contributed by atoms with Crippen LogP contribution in [-0.2, 0) is 16.2 Å². The lowest BCUT2D eigenvalue weighted by Crippen LogP contribution is -2.29. The molecule has 0 N–H and O–H groups in total. The summed E-state index contributed by atoms with van der Waals surface area (Å²) in [6.45, 7) is 10.8. The molecule has 3 nitrogen and oxygen atoms in total. The summed E-state index contributed by atoms with van der Waals surface area (Å²) in [5.74, 6) is 1.55. The van der Waals surface area contributed by atoms with Crippen molar-refractivity contribution in [2.24, 2.45) is 0 Å². The van der Waals surface area contributed by atoms with Crippen LogP contribution in [0.4, 0.5) is 17.1 Å². The predicted octanol–water partition coefficient (Wildman–Crippen LogP) is 22.4. The van der Waals surface area contributed by atoms with Gasteiger partial charge in [0.1, 0.15) is 11.5 Å². The minimum absolute atomic E-state index is 0.0331. The van der Waals surface area contributed by atoms with Gasteiger partial charge >= 0.3 is 0 Å². The van der Waals surface area contributed by atoms with Gasteiger partial charge in [-0.2, -0.15) is 0 Å². The minimum atomic E-state index is -0.713. The van der Waals surface area contributed by atoms with E-state index in [0.717, 1.165) is 56.5 Å². The fourth-order valence-corrected chi connectivity index (χ4v) is 14.8. The Balaban J connectivity index is 0.908. The molecule has 1 aromatic heterocycles. The van der Waals surface area contributed by atoms with Crippen LogP contribution in [0.3, 0.4) is 0 Å². The Morgan fingerprint density at radius 3 is 1.35 bits per heavy atom. The molecule has 1 heterocycles. The largest absolute Gasteiger partial charge is 0.457 e. The van der Waals surface area contributed by atoms with Crippen molar-refractivity contribution in [1.29, 1.82) is 0 Å². The van der Waals surface area contributed by atoms with Crippen molar-refractivity contribution in [3.05, 3.63) is 378 Å². The molecule has 424 valence electrons. The first-order valence-corrected chi connectivity index (χ1v) is 30.9. The first kappa shape index (κ1) is 53.5. The number of rotatable bonds is 12. The van der Waals surface area contributed by atoms with Crippen molar-refractivity contribution in [1.82, 2.24) is 4.57 Å². The van der Waals surface area contributed by atoms with Crippen LogP contribution in [-0.4, -0.2) is 4.57 Å². The van der Waals surface area contributed by atoms with Crippen LogP contribution >= 0.6 is 0 Å². The van der Waals surface area contributed by atoms with Crippen molar-refractivity contribution < 1.29 is 4.74 Å². The molecule has 2 aliphatic carbocycles. The summed E-state index contributed by atoms with van der Waals surface area (Å²) >= 11 is 0. The van der Waals surface area contributed by atoms with E-state index in [9.17, 15) is 0 Å². The van der Waals surface area contributed by atoms with E-state index >= 15 is 0 Å². The number of para-hydroxylation sites is 2. The third kappa shape index (κ3) is 8.56. The third-order valence-electron chi connectivity index (χ3n) is 19.0. The first-order valence-electron chi connectivity index (χ1n) is 30.9. The van der Waals surface area contributed by atoms with Gasteiger partial charge in [-0.1, -0.05) is 258 Å². The number of anilines is 3. The lowest BCUT2D eigenvalue weighted by Gasteiger charge is -2.36. The van der Waals surface area contributed by atoms with E-state index in [1.54, 1.807) is 0 Å². The van der Waals surface area contributed by atoms with Crippen LogP contribution in [0.5, 0.6) is 11.5 Å². The van der Waals surface area contributed by atoms with Gasteiger partial charge in [-0.05, 0) is 185 Å². The fraction of sp³-hybridized carbons (Fsp3) is 0.0698. The zero-order valence-corrected chi connectivity index (χ0v) is 50.1. The monoisotopic (exact) mass is 1140 g/mol. The second kappa shape index (κ2) is 21.2. The Kier molecular flexibility index (Phi) is 12.7. The van der Waals surface area contributed by atoms with Gasteiger partial charge in [0.15, 0.2) is 0 Å².